The van der Waals surface area contributed by atoms with Crippen molar-refractivity contribution in [3.8, 4) is 0 Å². The summed E-state index contributed by atoms with van der Waals surface area (Å²) < 4.78 is 0. The number of aryl methyl sites for hydroxylation is 1. The van der Waals surface area contributed by atoms with Crippen LogP contribution in [0.2, 0.25) is 0 Å². The van der Waals surface area contributed by atoms with Crippen molar-refractivity contribution in [2.24, 2.45) is 0 Å². The van der Waals surface area contributed by atoms with E-state index in [0.717, 1.165) is 30.8 Å². The molecule has 0 unspecified atom stereocenters. The maximum atomic E-state index is 10.5. The van der Waals surface area contributed by atoms with Crippen LogP contribution in [0.1, 0.15) is 24.1 Å². The molecule has 86 valence electrons. The Bertz CT molecular complexity index is 406. The summed E-state index contributed by atoms with van der Waals surface area (Å²) in [5.41, 5.74) is 2.31. The van der Waals surface area contributed by atoms with Gasteiger partial charge in [0.2, 0.25) is 0 Å². The van der Waals surface area contributed by atoms with Gasteiger partial charge in [-0.3, -0.25) is 4.79 Å². The number of aliphatic carboxylic acids is 1. The molecule has 0 amide bonds. The lowest BCUT2D eigenvalue weighted by Crippen LogP contribution is -2.23. The van der Waals surface area contributed by atoms with Gasteiger partial charge in [0.15, 0.2) is 0 Å². The standard InChI is InChI=1S/C11H15N3O2/c1-14(6-5-10(15)16)11-8-3-2-4-9(8)12-7-13-11/h7H,2-6H2,1H3,(H,15,16). The van der Waals surface area contributed by atoms with Gasteiger partial charge in [0, 0.05) is 24.8 Å². The van der Waals surface area contributed by atoms with Gasteiger partial charge >= 0.3 is 5.97 Å². The lowest BCUT2D eigenvalue weighted by molar-refractivity contribution is -0.136. The van der Waals surface area contributed by atoms with Gasteiger partial charge in [-0.15, -0.1) is 0 Å². The van der Waals surface area contributed by atoms with E-state index in [1.807, 2.05) is 11.9 Å². The van der Waals surface area contributed by atoms with Crippen LogP contribution in [0.3, 0.4) is 0 Å². The van der Waals surface area contributed by atoms with Gasteiger partial charge < -0.3 is 10.0 Å². The molecule has 0 aromatic carbocycles. The van der Waals surface area contributed by atoms with Crippen molar-refractivity contribution in [3.05, 3.63) is 17.6 Å². The number of hydrogen-bond acceptors (Lipinski definition) is 4. The molecule has 5 nitrogen and oxygen atoms in total. The van der Waals surface area contributed by atoms with Crippen molar-refractivity contribution in [2.45, 2.75) is 25.7 Å². The van der Waals surface area contributed by atoms with E-state index in [-0.39, 0.29) is 6.42 Å². The highest BCUT2D eigenvalue weighted by Gasteiger charge is 2.19. The molecule has 1 N–H and O–H groups in total. The second-order valence-corrected chi connectivity index (χ2v) is 4.04. The largest absolute Gasteiger partial charge is 0.481 e. The van der Waals surface area contributed by atoms with Crippen LogP contribution >= 0.6 is 0 Å². The van der Waals surface area contributed by atoms with Gasteiger partial charge in [-0.05, 0) is 19.3 Å². The van der Waals surface area contributed by atoms with Crippen LogP contribution in [0.15, 0.2) is 6.33 Å². The maximum absolute atomic E-state index is 10.5. The number of hydrogen-bond donors (Lipinski definition) is 1. The quantitative estimate of drug-likeness (QED) is 0.817. The molecule has 0 radical (unpaired) electrons. The zero-order valence-corrected chi connectivity index (χ0v) is 9.31. The Morgan fingerprint density at radius 3 is 3.06 bits per heavy atom. The van der Waals surface area contributed by atoms with Gasteiger partial charge in [0.1, 0.15) is 12.1 Å². The molecule has 0 bridgehead atoms. The van der Waals surface area contributed by atoms with Crippen molar-refractivity contribution >= 4 is 11.8 Å². The average Bonchev–Trinajstić information content (AvgIpc) is 2.73. The molecule has 1 heterocycles. The van der Waals surface area contributed by atoms with E-state index in [1.54, 1.807) is 6.33 Å². The zero-order chi connectivity index (χ0) is 11.5. The fourth-order valence-corrected chi connectivity index (χ4v) is 2.04. The van der Waals surface area contributed by atoms with E-state index in [2.05, 4.69) is 9.97 Å². The van der Waals surface area contributed by atoms with Crippen LogP contribution in [0.5, 0.6) is 0 Å². The molecule has 16 heavy (non-hydrogen) atoms. The van der Waals surface area contributed by atoms with E-state index >= 15 is 0 Å². The molecule has 1 aliphatic rings. The second kappa shape index (κ2) is 4.47. The first kappa shape index (κ1) is 10.9. The van der Waals surface area contributed by atoms with Gasteiger partial charge in [0.05, 0.1) is 6.42 Å². The van der Waals surface area contributed by atoms with Crippen LogP contribution in [0.25, 0.3) is 0 Å². The predicted octanol–water partition coefficient (Wildman–Crippen LogP) is 0.876. The normalized spacial score (nSPS) is 13.6. The number of carboxylic acids is 1. The monoisotopic (exact) mass is 221 g/mol. The zero-order valence-electron chi connectivity index (χ0n) is 9.31. The molecule has 0 spiro atoms. The number of aromatic nitrogens is 2. The second-order valence-electron chi connectivity index (χ2n) is 4.04. The summed E-state index contributed by atoms with van der Waals surface area (Å²) in [6.45, 7) is 0.485. The summed E-state index contributed by atoms with van der Waals surface area (Å²) in [5, 5.41) is 8.64. The third-order valence-corrected chi connectivity index (χ3v) is 2.87. The van der Waals surface area contributed by atoms with E-state index < -0.39 is 5.97 Å². The van der Waals surface area contributed by atoms with E-state index in [4.69, 9.17) is 5.11 Å². The molecule has 0 aliphatic heterocycles. The Labute approximate surface area is 94.1 Å². The molecule has 1 aromatic heterocycles. The number of rotatable bonds is 4. The Kier molecular flexibility index (Phi) is 3.03. The predicted molar refractivity (Wildman–Crippen MR) is 59.6 cm³/mol. The topological polar surface area (TPSA) is 66.3 Å². The molecule has 0 atom stereocenters. The molecule has 0 fully saturated rings. The first-order valence-electron chi connectivity index (χ1n) is 5.44. The van der Waals surface area contributed by atoms with Crippen molar-refractivity contribution in [1.29, 1.82) is 0 Å². The number of nitrogens with zero attached hydrogens (tertiary/aromatic N) is 3. The molecular formula is C11H15N3O2. The Morgan fingerprint density at radius 1 is 1.50 bits per heavy atom. The van der Waals surface area contributed by atoms with Crippen molar-refractivity contribution < 1.29 is 9.90 Å². The third kappa shape index (κ3) is 2.13. The van der Waals surface area contributed by atoms with Gasteiger partial charge in [-0.1, -0.05) is 0 Å². The minimum absolute atomic E-state index is 0.134. The molecule has 1 aliphatic carbocycles. The van der Waals surface area contributed by atoms with E-state index in [1.165, 1.54) is 5.56 Å². The number of anilines is 1. The molecule has 2 rings (SSSR count). The number of carbonyl (C=O) groups is 1. The van der Waals surface area contributed by atoms with Crippen LogP contribution in [-0.2, 0) is 17.6 Å². The van der Waals surface area contributed by atoms with E-state index in [9.17, 15) is 4.79 Å². The minimum atomic E-state index is -0.780. The smallest absolute Gasteiger partial charge is 0.305 e. The number of carboxylic acid groups (broad SMARTS) is 1. The van der Waals surface area contributed by atoms with Crippen LogP contribution in [-0.4, -0.2) is 34.6 Å². The summed E-state index contributed by atoms with van der Waals surface area (Å²) in [4.78, 5) is 20.9. The average molecular weight is 221 g/mol. The van der Waals surface area contributed by atoms with Gasteiger partial charge in [-0.2, -0.15) is 0 Å². The summed E-state index contributed by atoms with van der Waals surface area (Å²) in [6, 6.07) is 0. The Hall–Kier alpha value is -1.65. The lowest BCUT2D eigenvalue weighted by Gasteiger charge is -2.19. The fraction of sp³-hybridized carbons (Fsp3) is 0.545. The number of fused-ring (bicyclic) bond motifs is 1. The van der Waals surface area contributed by atoms with Crippen molar-refractivity contribution in [3.63, 3.8) is 0 Å². The Balaban J connectivity index is 2.14. The third-order valence-electron chi connectivity index (χ3n) is 2.87. The highest BCUT2D eigenvalue weighted by atomic mass is 16.4. The van der Waals surface area contributed by atoms with Crippen molar-refractivity contribution in [1.82, 2.24) is 9.97 Å². The highest BCUT2D eigenvalue weighted by molar-refractivity contribution is 5.67. The summed E-state index contributed by atoms with van der Waals surface area (Å²) in [5.74, 6) is 0.112. The van der Waals surface area contributed by atoms with Gasteiger partial charge in [0.25, 0.3) is 0 Å². The van der Waals surface area contributed by atoms with Crippen LogP contribution < -0.4 is 4.90 Å². The van der Waals surface area contributed by atoms with E-state index in [0.29, 0.717) is 6.54 Å². The molecule has 1 aromatic rings. The van der Waals surface area contributed by atoms with Gasteiger partial charge in [-0.25, -0.2) is 9.97 Å². The first-order valence-corrected chi connectivity index (χ1v) is 5.44. The molecule has 0 saturated carbocycles. The molecular weight excluding hydrogens is 206 g/mol. The highest BCUT2D eigenvalue weighted by Crippen LogP contribution is 2.26. The molecule has 0 saturated heterocycles. The SMILES string of the molecule is CN(CCC(=O)O)c1ncnc2c1CCC2. The fourth-order valence-electron chi connectivity index (χ4n) is 2.04. The van der Waals surface area contributed by atoms with Crippen LogP contribution in [0, 0.1) is 0 Å². The van der Waals surface area contributed by atoms with Crippen LogP contribution in [0.4, 0.5) is 5.82 Å². The maximum Gasteiger partial charge on any atom is 0.305 e. The van der Waals surface area contributed by atoms with Crippen molar-refractivity contribution in [2.75, 3.05) is 18.5 Å². The lowest BCUT2D eigenvalue weighted by atomic mass is 10.2. The summed E-state index contributed by atoms with van der Waals surface area (Å²) in [7, 11) is 1.88. The summed E-state index contributed by atoms with van der Waals surface area (Å²) in [6.07, 6.45) is 4.83. The first-order chi connectivity index (χ1) is 7.68. The molecule has 5 heteroatoms. The Morgan fingerprint density at radius 2 is 2.31 bits per heavy atom. The summed E-state index contributed by atoms with van der Waals surface area (Å²) >= 11 is 0. The minimum Gasteiger partial charge on any atom is -0.481 e.